The molecule has 0 saturated heterocycles. The summed E-state index contributed by atoms with van der Waals surface area (Å²) in [5.74, 6) is -0.423. The van der Waals surface area contributed by atoms with E-state index in [1.54, 1.807) is 0 Å². The van der Waals surface area contributed by atoms with Crippen LogP contribution in [0, 0.1) is 0 Å². The van der Waals surface area contributed by atoms with Crippen LogP contribution in [-0.2, 0) is 0 Å². The lowest BCUT2D eigenvalue weighted by atomic mass is 9.92. The van der Waals surface area contributed by atoms with Crippen LogP contribution >= 0.6 is 0 Å². The van der Waals surface area contributed by atoms with Crippen molar-refractivity contribution < 1.29 is 4.79 Å². The van der Waals surface area contributed by atoms with E-state index in [4.69, 9.17) is 17.2 Å². The van der Waals surface area contributed by atoms with Gasteiger partial charge in [-0.1, -0.05) is 0 Å². The number of nitrogens with one attached hydrogen (secondary N) is 1. The van der Waals surface area contributed by atoms with E-state index in [0.29, 0.717) is 5.95 Å². The van der Waals surface area contributed by atoms with E-state index in [9.17, 15) is 4.79 Å². The first kappa shape index (κ1) is 12.5. The van der Waals surface area contributed by atoms with Crippen LogP contribution in [-0.4, -0.2) is 33.2 Å². The van der Waals surface area contributed by atoms with Gasteiger partial charge >= 0.3 is 0 Å². The summed E-state index contributed by atoms with van der Waals surface area (Å²) in [6.45, 7) is 0. The Balaban J connectivity index is 2.02. The average Bonchev–Trinajstić information content (AvgIpc) is 2.32. The molecule has 1 heterocycles. The lowest BCUT2D eigenvalue weighted by Gasteiger charge is -2.26. The minimum atomic E-state index is -0.734. The van der Waals surface area contributed by atoms with Gasteiger partial charge in [0.05, 0.1) is 0 Å². The van der Waals surface area contributed by atoms with E-state index in [1.807, 2.05) is 0 Å². The second-order valence-electron chi connectivity index (χ2n) is 4.49. The van der Waals surface area contributed by atoms with Crippen LogP contribution < -0.4 is 22.5 Å². The molecule has 1 aliphatic carbocycles. The molecule has 1 aliphatic rings. The zero-order valence-corrected chi connectivity index (χ0v) is 9.97. The molecule has 0 radical (unpaired) electrons. The third kappa shape index (κ3) is 2.83. The Hall–Kier alpha value is -1.96. The molecule has 18 heavy (non-hydrogen) atoms. The summed E-state index contributed by atoms with van der Waals surface area (Å²) in [6, 6.07) is 0.551. The fourth-order valence-electron chi connectivity index (χ4n) is 2.02. The number of anilines is 2. The molecular weight excluding hydrogens is 234 g/mol. The number of rotatable bonds is 3. The van der Waals surface area contributed by atoms with Crippen molar-refractivity contribution in [3.05, 3.63) is 5.69 Å². The summed E-state index contributed by atoms with van der Waals surface area (Å²) < 4.78 is 0. The molecule has 8 nitrogen and oxygen atoms in total. The monoisotopic (exact) mass is 251 g/mol. The van der Waals surface area contributed by atoms with Crippen LogP contribution in [0.2, 0.25) is 0 Å². The summed E-state index contributed by atoms with van der Waals surface area (Å²) in [6.07, 6.45) is 3.86. The second kappa shape index (κ2) is 5.13. The first-order valence-electron chi connectivity index (χ1n) is 5.88. The Kier molecular flexibility index (Phi) is 3.56. The van der Waals surface area contributed by atoms with Crippen LogP contribution in [0.5, 0.6) is 0 Å². The number of carbonyl (C=O) groups excluding carboxylic acids is 1. The van der Waals surface area contributed by atoms with Crippen LogP contribution in [0.25, 0.3) is 0 Å². The molecule has 0 aromatic carbocycles. The molecule has 1 aromatic rings. The topological polar surface area (TPSA) is 146 Å². The third-order valence-corrected chi connectivity index (χ3v) is 3.05. The zero-order valence-electron chi connectivity index (χ0n) is 9.97. The van der Waals surface area contributed by atoms with E-state index >= 15 is 0 Å². The minimum absolute atomic E-state index is 0.00693. The fourth-order valence-corrected chi connectivity index (χ4v) is 2.02. The summed E-state index contributed by atoms with van der Waals surface area (Å²) in [7, 11) is 0. The van der Waals surface area contributed by atoms with Gasteiger partial charge in [0.1, 0.15) is 0 Å². The normalized spacial score (nSPS) is 23.6. The highest BCUT2D eigenvalue weighted by Crippen LogP contribution is 2.19. The molecular formula is C10H17N7O. The fraction of sp³-hybridized carbons (Fsp3) is 0.600. The molecule has 0 atom stereocenters. The maximum Gasteiger partial charge on any atom is 0.273 e. The number of aromatic nitrogens is 3. The number of nitrogens with zero attached hydrogens (tertiary/aromatic N) is 3. The lowest BCUT2D eigenvalue weighted by molar-refractivity contribution is 0.0995. The molecule has 0 unspecified atom stereocenters. The van der Waals surface area contributed by atoms with Gasteiger partial charge < -0.3 is 22.5 Å². The SMILES string of the molecule is NC(=O)c1nnc(N[C@H]2CC[C@H](N)CC2)nc1N. The Morgan fingerprint density at radius 2 is 1.89 bits per heavy atom. The second-order valence-corrected chi connectivity index (χ2v) is 4.49. The van der Waals surface area contributed by atoms with Crippen molar-refractivity contribution >= 4 is 17.7 Å². The Labute approximate surface area is 104 Å². The van der Waals surface area contributed by atoms with Gasteiger partial charge in [-0.05, 0) is 25.7 Å². The Morgan fingerprint density at radius 1 is 1.22 bits per heavy atom. The molecule has 8 heteroatoms. The molecule has 0 spiro atoms. The molecule has 2 rings (SSSR count). The maximum atomic E-state index is 10.9. The van der Waals surface area contributed by atoms with Crippen molar-refractivity contribution in [2.45, 2.75) is 37.8 Å². The van der Waals surface area contributed by atoms with Gasteiger partial charge in [0.15, 0.2) is 11.5 Å². The summed E-state index contributed by atoms with van der Waals surface area (Å²) in [5.41, 5.74) is 16.4. The number of hydrogen-bond acceptors (Lipinski definition) is 7. The van der Waals surface area contributed by atoms with Crippen molar-refractivity contribution in [2.75, 3.05) is 11.1 Å². The van der Waals surface area contributed by atoms with Crippen LogP contribution in [0.4, 0.5) is 11.8 Å². The standard InChI is InChI=1S/C10H17N7O/c11-5-1-3-6(4-2-5)14-10-15-8(12)7(9(13)18)16-17-10/h5-6H,1-4,11H2,(H2,13,18)(H3,12,14,15,17)/t5-,6-. The van der Waals surface area contributed by atoms with Crippen LogP contribution in [0.3, 0.4) is 0 Å². The smallest absolute Gasteiger partial charge is 0.273 e. The number of amides is 1. The minimum Gasteiger partial charge on any atom is -0.382 e. The first-order chi connectivity index (χ1) is 8.56. The number of carbonyl (C=O) groups is 1. The average molecular weight is 251 g/mol. The van der Waals surface area contributed by atoms with E-state index in [-0.39, 0.29) is 23.6 Å². The van der Waals surface area contributed by atoms with Crippen LogP contribution in [0.1, 0.15) is 36.2 Å². The maximum absolute atomic E-state index is 10.9. The Morgan fingerprint density at radius 3 is 2.44 bits per heavy atom. The van der Waals surface area contributed by atoms with Crippen molar-refractivity contribution in [1.29, 1.82) is 0 Å². The predicted octanol–water partition coefficient (Wildman–Crippen LogP) is -0.765. The van der Waals surface area contributed by atoms with E-state index < -0.39 is 5.91 Å². The number of primary amides is 1. The van der Waals surface area contributed by atoms with E-state index in [0.717, 1.165) is 25.7 Å². The predicted molar refractivity (Wildman–Crippen MR) is 66.6 cm³/mol. The van der Waals surface area contributed by atoms with Gasteiger partial charge in [-0.15, -0.1) is 10.2 Å². The van der Waals surface area contributed by atoms with E-state index in [2.05, 4.69) is 20.5 Å². The molecule has 98 valence electrons. The summed E-state index contributed by atoms with van der Waals surface area (Å²) in [5, 5.41) is 10.6. The molecule has 1 fully saturated rings. The quantitative estimate of drug-likeness (QED) is 0.551. The molecule has 0 aliphatic heterocycles. The number of nitrogen functional groups attached to an aromatic ring is 1. The highest BCUT2D eigenvalue weighted by Gasteiger charge is 2.20. The molecule has 7 N–H and O–H groups in total. The van der Waals surface area contributed by atoms with Gasteiger partial charge in [-0.25, -0.2) is 0 Å². The number of hydrogen-bond donors (Lipinski definition) is 4. The van der Waals surface area contributed by atoms with Crippen molar-refractivity contribution in [3.8, 4) is 0 Å². The van der Waals surface area contributed by atoms with Crippen molar-refractivity contribution in [2.24, 2.45) is 11.5 Å². The van der Waals surface area contributed by atoms with Gasteiger partial charge in [0, 0.05) is 12.1 Å². The molecule has 1 saturated carbocycles. The van der Waals surface area contributed by atoms with Gasteiger partial charge in [-0.2, -0.15) is 4.98 Å². The zero-order chi connectivity index (χ0) is 13.1. The molecule has 1 amide bonds. The van der Waals surface area contributed by atoms with Gasteiger partial charge in [-0.3, -0.25) is 4.79 Å². The van der Waals surface area contributed by atoms with Crippen molar-refractivity contribution in [1.82, 2.24) is 15.2 Å². The first-order valence-corrected chi connectivity index (χ1v) is 5.88. The van der Waals surface area contributed by atoms with Gasteiger partial charge in [0.2, 0.25) is 5.95 Å². The summed E-state index contributed by atoms with van der Waals surface area (Å²) >= 11 is 0. The highest BCUT2D eigenvalue weighted by molar-refractivity contribution is 5.94. The summed E-state index contributed by atoms with van der Waals surface area (Å²) in [4.78, 5) is 14.9. The van der Waals surface area contributed by atoms with Crippen LogP contribution in [0.15, 0.2) is 0 Å². The van der Waals surface area contributed by atoms with E-state index in [1.165, 1.54) is 0 Å². The highest BCUT2D eigenvalue weighted by atomic mass is 16.1. The Bertz CT molecular complexity index is 442. The third-order valence-electron chi connectivity index (χ3n) is 3.05. The molecule has 1 aromatic heterocycles. The number of nitrogens with two attached hydrogens (primary N) is 3. The lowest BCUT2D eigenvalue weighted by Crippen LogP contribution is -2.33. The van der Waals surface area contributed by atoms with Crippen molar-refractivity contribution in [3.63, 3.8) is 0 Å². The van der Waals surface area contributed by atoms with Gasteiger partial charge in [0.25, 0.3) is 5.91 Å². The largest absolute Gasteiger partial charge is 0.382 e. The molecule has 0 bridgehead atoms.